The number of amides is 1. The molecule has 0 aliphatic carbocycles. The minimum absolute atomic E-state index is 0.320. The van der Waals surface area contributed by atoms with E-state index in [-0.39, 0.29) is 5.91 Å². The van der Waals surface area contributed by atoms with Crippen LogP contribution in [0.4, 0.5) is 5.69 Å². The fourth-order valence-corrected chi connectivity index (χ4v) is 3.93. The maximum Gasteiger partial charge on any atom is 0.255 e. The molecule has 8 nitrogen and oxygen atoms in total. The van der Waals surface area contributed by atoms with Gasteiger partial charge < -0.3 is 29.0 Å². The number of nitrogens with zero attached hydrogens (tertiary/aromatic N) is 1. The number of hydrogen-bond donors (Lipinski definition) is 1. The van der Waals surface area contributed by atoms with Crippen molar-refractivity contribution in [1.29, 1.82) is 0 Å². The van der Waals surface area contributed by atoms with Crippen molar-refractivity contribution in [3.05, 3.63) is 78.4 Å². The normalized spacial score (nSPS) is 10.4. The zero-order valence-corrected chi connectivity index (χ0v) is 21.3. The molecule has 190 valence electrons. The Bertz CT molecular complexity index is 1390. The third-order valence-corrected chi connectivity index (χ3v) is 5.77. The second kappa shape index (κ2) is 11.3. The average Bonchev–Trinajstić information content (AvgIpc) is 2.96. The number of rotatable bonds is 9. The highest BCUT2D eigenvalue weighted by molar-refractivity contribution is 6.05. The van der Waals surface area contributed by atoms with Gasteiger partial charge in [-0.25, -0.2) is 4.98 Å². The van der Waals surface area contributed by atoms with Crippen LogP contribution in [-0.2, 0) is 0 Å². The first-order valence-corrected chi connectivity index (χ1v) is 11.4. The maximum absolute atomic E-state index is 13.1. The summed E-state index contributed by atoms with van der Waals surface area (Å²) in [4.78, 5) is 17.9. The smallest absolute Gasteiger partial charge is 0.255 e. The molecule has 0 spiro atoms. The number of carbonyl (C=O) groups excluding carboxylic acids is 1. The molecule has 4 rings (SSSR count). The summed E-state index contributed by atoms with van der Waals surface area (Å²) < 4.78 is 27.0. The van der Waals surface area contributed by atoms with Crippen molar-refractivity contribution >= 4 is 11.6 Å². The summed E-state index contributed by atoms with van der Waals surface area (Å²) in [6.45, 7) is 0. The second-order valence-corrected chi connectivity index (χ2v) is 7.92. The summed E-state index contributed by atoms with van der Waals surface area (Å²) in [5.41, 5.74) is 4.11. The number of methoxy groups -OCH3 is 5. The van der Waals surface area contributed by atoms with Crippen LogP contribution in [0.3, 0.4) is 0 Å². The van der Waals surface area contributed by atoms with E-state index in [9.17, 15) is 4.79 Å². The summed E-state index contributed by atoms with van der Waals surface area (Å²) in [5, 5.41) is 2.93. The molecule has 1 heterocycles. The van der Waals surface area contributed by atoms with Crippen LogP contribution in [0, 0.1) is 0 Å². The van der Waals surface area contributed by atoms with Crippen molar-refractivity contribution in [3.8, 4) is 51.3 Å². The van der Waals surface area contributed by atoms with Gasteiger partial charge >= 0.3 is 0 Å². The molecule has 0 unspecified atom stereocenters. The average molecular weight is 501 g/mol. The molecule has 0 aliphatic rings. The van der Waals surface area contributed by atoms with Gasteiger partial charge in [-0.3, -0.25) is 4.79 Å². The minimum atomic E-state index is -0.320. The van der Waals surface area contributed by atoms with Crippen molar-refractivity contribution in [2.75, 3.05) is 40.9 Å². The molecule has 3 aromatic carbocycles. The first kappa shape index (κ1) is 25.4. The summed E-state index contributed by atoms with van der Waals surface area (Å²) in [7, 11) is 7.76. The monoisotopic (exact) mass is 500 g/mol. The Labute approximate surface area is 215 Å². The molecule has 1 N–H and O–H groups in total. The van der Waals surface area contributed by atoms with E-state index in [1.807, 2.05) is 60.7 Å². The fraction of sp³-hybridized carbons (Fsp3) is 0.172. The van der Waals surface area contributed by atoms with Gasteiger partial charge in [-0.1, -0.05) is 18.2 Å². The summed E-state index contributed by atoms with van der Waals surface area (Å²) in [6, 6.07) is 22.0. The lowest BCUT2D eigenvalue weighted by atomic mass is 10.1. The zero-order valence-electron chi connectivity index (χ0n) is 21.3. The Morgan fingerprint density at radius 3 is 2.00 bits per heavy atom. The van der Waals surface area contributed by atoms with E-state index < -0.39 is 0 Å². The Hall–Kier alpha value is -4.72. The molecule has 0 atom stereocenters. The molecular formula is C29H28N2O6. The highest BCUT2D eigenvalue weighted by atomic mass is 16.5. The first-order chi connectivity index (χ1) is 18.0. The van der Waals surface area contributed by atoms with Gasteiger partial charge in [0.25, 0.3) is 5.91 Å². The second-order valence-electron chi connectivity index (χ2n) is 7.92. The number of hydrogen-bond acceptors (Lipinski definition) is 7. The van der Waals surface area contributed by atoms with Gasteiger partial charge in [0.1, 0.15) is 11.5 Å². The van der Waals surface area contributed by atoms with E-state index in [1.54, 1.807) is 26.4 Å². The molecule has 1 aromatic heterocycles. The number of carbonyl (C=O) groups is 1. The topological polar surface area (TPSA) is 88.1 Å². The van der Waals surface area contributed by atoms with Crippen LogP contribution in [0.1, 0.15) is 10.4 Å². The highest BCUT2D eigenvalue weighted by Crippen LogP contribution is 2.38. The van der Waals surface area contributed by atoms with Gasteiger partial charge in [-0.2, -0.15) is 0 Å². The highest BCUT2D eigenvalue weighted by Gasteiger charge is 2.17. The Morgan fingerprint density at radius 2 is 1.35 bits per heavy atom. The lowest BCUT2D eigenvalue weighted by Gasteiger charge is -2.14. The lowest BCUT2D eigenvalue weighted by molar-refractivity contribution is 0.102. The Kier molecular flexibility index (Phi) is 7.78. The quantitative estimate of drug-likeness (QED) is 0.315. The maximum atomic E-state index is 13.1. The molecule has 37 heavy (non-hydrogen) atoms. The number of benzene rings is 3. The van der Waals surface area contributed by atoms with Crippen LogP contribution in [-0.4, -0.2) is 46.4 Å². The van der Waals surface area contributed by atoms with Gasteiger partial charge in [0.2, 0.25) is 5.75 Å². The van der Waals surface area contributed by atoms with E-state index in [4.69, 9.17) is 28.7 Å². The van der Waals surface area contributed by atoms with E-state index >= 15 is 0 Å². The molecule has 1 amide bonds. The van der Waals surface area contributed by atoms with Crippen molar-refractivity contribution < 1.29 is 28.5 Å². The summed E-state index contributed by atoms with van der Waals surface area (Å²) in [6.07, 6.45) is 0. The SMILES string of the molecule is COc1ccc(OC)c(-c2cccc(-c3cccc(NC(=O)c4cc(OC)c(OC)c(OC)c4)c3)n2)c1. The molecule has 0 saturated carbocycles. The van der Waals surface area contributed by atoms with E-state index in [1.165, 1.54) is 21.3 Å². The molecule has 0 bridgehead atoms. The van der Waals surface area contributed by atoms with Crippen LogP contribution in [0.5, 0.6) is 28.7 Å². The Morgan fingerprint density at radius 1 is 0.676 bits per heavy atom. The number of anilines is 1. The predicted octanol–water partition coefficient (Wildman–Crippen LogP) is 5.71. The number of nitrogens with one attached hydrogen (secondary N) is 1. The molecule has 8 heteroatoms. The van der Waals surface area contributed by atoms with E-state index in [2.05, 4.69) is 5.32 Å². The molecule has 0 radical (unpaired) electrons. The standard InChI is InChI=1S/C29H28N2O6/c1-33-21-12-13-25(34-2)22(17-21)24-11-7-10-23(31-24)18-8-6-9-20(14-18)30-29(32)19-15-26(35-3)28(37-5)27(16-19)36-4/h6-17H,1-5H3,(H,30,32). The van der Waals surface area contributed by atoms with Gasteiger partial charge in [0.15, 0.2) is 11.5 Å². The number of pyridine rings is 1. The van der Waals surface area contributed by atoms with Gasteiger partial charge in [0.05, 0.1) is 46.9 Å². The van der Waals surface area contributed by atoms with Gasteiger partial charge in [-0.15, -0.1) is 0 Å². The van der Waals surface area contributed by atoms with Crippen molar-refractivity contribution in [2.45, 2.75) is 0 Å². The van der Waals surface area contributed by atoms with E-state index in [0.717, 1.165) is 22.5 Å². The van der Waals surface area contributed by atoms with Gasteiger partial charge in [-0.05, 0) is 54.6 Å². The third-order valence-electron chi connectivity index (χ3n) is 5.77. The third kappa shape index (κ3) is 5.43. The van der Waals surface area contributed by atoms with Crippen LogP contribution in [0.2, 0.25) is 0 Å². The van der Waals surface area contributed by atoms with Gasteiger partial charge in [0, 0.05) is 22.4 Å². The van der Waals surface area contributed by atoms with Crippen molar-refractivity contribution in [3.63, 3.8) is 0 Å². The van der Waals surface area contributed by atoms with Crippen LogP contribution in [0.15, 0.2) is 72.8 Å². The van der Waals surface area contributed by atoms with Crippen LogP contribution >= 0.6 is 0 Å². The van der Waals surface area contributed by atoms with Crippen LogP contribution in [0.25, 0.3) is 22.5 Å². The van der Waals surface area contributed by atoms with Crippen LogP contribution < -0.4 is 29.0 Å². The number of ether oxygens (including phenoxy) is 5. The molecule has 0 fully saturated rings. The Balaban J connectivity index is 1.63. The predicted molar refractivity (Wildman–Crippen MR) is 142 cm³/mol. The first-order valence-electron chi connectivity index (χ1n) is 11.4. The van der Waals surface area contributed by atoms with E-state index in [0.29, 0.717) is 40.0 Å². The molecule has 0 aliphatic heterocycles. The van der Waals surface area contributed by atoms with Crippen molar-refractivity contribution in [1.82, 2.24) is 4.98 Å². The lowest BCUT2D eigenvalue weighted by Crippen LogP contribution is -2.12. The largest absolute Gasteiger partial charge is 0.497 e. The van der Waals surface area contributed by atoms with Crippen molar-refractivity contribution in [2.24, 2.45) is 0 Å². The molecule has 0 saturated heterocycles. The fourth-order valence-electron chi connectivity index (χ4n) is 3.93. The number of aromatic nitrogens is 1. The minimum Gasteiger partial charge on any atom is -0.497 e. The summed E-state index contributed by atoms with van der Waals surface area (Å²) in [5.74, 6) is 2.29. The zero-order chi connectivity index (χ0) is 26.4. The molecular weight excluding hydrogens is 472 g/mol. The summed E-state index contributed by atoms with van der Waals surface area (Å²) >= 11 is 0. The molecule has 4 aromatic rings.